The van der Waals surface area contributed by atoms with Crippen LogP contribution in [0.15, 0.2) is 30.3 Å². The molecule has 0 spiro atoms. The van der Waals surface area contributed by atoms with E-state index in [-0.39, 0.29) is 46.6 Å². The summed E-state index contributed by atoms with van der Waals surface area (Å²) in [6.45, 7) is 0.884. The van der Waals surface area contributed by atoms with Gasteiger partial charge in [0.15, 0.2) is 0 Å². The molecule has 204 valence electrons. The molecule has 13 heteroatoms. The molecule has 3 amide bonds. The first-order valence-corrected chi connectivity index (χ1v) is 12.0. The molecule has 0 radical (unpaired) electrons. The zero-order valence-corrected chi connectivity index (χ0v) is 21.7. The monoisotopic (exact) mass is 546 g/mol. The molecule has 0 bridgehead atoms. The number of nitrogens with zero attached hydrogens (tertiary/aromatic N) is 1. The second-order valence-corrected chi connectivity index (χ2v) is 9.21. The lowest BCUT2D eigenvalue weighted by Crippen LogP contribution is -2.55. The third-order valence-corrected chi connectivity index (χ3v) is 6.49. The van der Waals surface area contributed by atoms with Gasteiger partial charge in [0.2, 0.25) is 11.8 Å². The molecule has 1 saturated heterocycles. The fraction of sp³-hybridized carbons (Fsp3) is 0.360. The summed E-state index contributed by atoms with van der Waals surface area (Å²) < 4.78 is 10.8. The third-order valence-electron chi connectivity index (χ3n) is 6.17. The third kappa shape index (κ3) is 7.12. The van der Waals surface area contributed by atoms with Gasteiger partial charge in [-0.05, 0) is 30.2 Å². The number of hydrogen-bond acceptors (Lipinski definition) is 9. The zero-order valence-electron chi connectivity index (χ0n) is 20.9. The first kappa shape index (κ1) is 28.7. The summed E-state index contributed by atoms with van der Waals surface area (Å²) in [7, 11) is 2.95. The number of methoxy groups -OCH3 is 2. The molecule has 6 N–H and O–H groups in total. The van der Waals surface area contributed by atoms with Gasteiger partial charge in [0.1, 0.15) is 5.75 Å². The Labute approximate surface area is 224 Å². The van der Waals surface area contributed by atoms with Crippen LogP contribution in [0.25, 0.3) is 0 Å². The second kappa shape index (κ2) is 12.6. The van der Waals surface area contributed by atoms with Crippen LogP contribution < -0.4 is 31.9 Å². The van der Waals surface area contributed by atoms with Crippen molar-refractivity contribution in [3.63, 3.8) is 0 Å². The highest BCUT2D eigenvalue weighted by Gasteiger charge is 2.32. The van der Waals surface area contributed by atoms with E-state index in [1.165, 1.54) is 44.6 Å². The molecule has 1 aliphatic rings. The van der Waals surface area contributed by atoms with Crippen molar-refractivity contribution in [1.29, 1.82) is 0 Å². The van der Waals surface area contributed by atoms with Crippen molar-refractivity contribution in [2.45, 2.75) is 25.0 Å². The molecule has 0 aromatic heterocycles. The minimum absolute atomic E-state index is 0.0231. The van der Waals surface area contributed by atoms with E-state index in [0.29, 0.717) is 36.6 Å². The molecule has 12 nitrogen and oxygen atoms in total. The minimum Gasteiger partial charge on any atom is -0.545 e. The van der Waals surface area contributed by atoms with E-state index >= 15 is 0 Å². The predicted molar refractivity (Wildman–Crippen MR) is 138 cm³/mol. The molecule has 2 aromatic carbocycles. The average molecular weight is 547 g/mol. The van der Waals surface area contributed by atoms with E-state index in [4.69, 9.17) is 32.5 Å². The number of carboxylic acid groups (broad SMARTS) is 1. The van der Waals surface area contributed by atoms with Gasteiger partial charge < -0.3 is 41.5 Å². The van der Waals surface area contributed by atoms with Gasteiger partial charge in [-0.3, -0.25) is 19.3 Å². The lowest BCUT2D eigenvalue weighted by molar-refractivity contribution is -0.255. The predicted octanol–water partition coefficient (Wildman–Crippen LogP) is -0.220. The topological polar surface area (TPSA) is 189 Å². The van der Waals surface area contributed by atoms with Gasteiger partial charge in [0.25, 0.3) is 5.91 Å². The normalized spacial score (nSPS) is 17.4. The number of halogens is 1. The number of carbonyl (C=O) groups is 4. The van der Waals surface area contributed by atoms with Crippen LogP contribution in [-0.2, 0) is 20.7 Å². The molecule has 38 heavy (non-hydrogen) atoms. The Bertz CT molecular complexity index is 1240. The first-order valence-electron chi connectivity index (χ1n) is 11.6. The maximum Gasteiger partial charge on any atom is 0.255 e. The van der Waals surface area contributed by atoms with Crippen molar-refractivity contribution in [2.24, 2.45) is 5.73 Å². The van der Waals surface area contributed by atoms with Crippen LogP contribution in [0.1, 0.15) is 32.7 Å². The molecule has 3 rings (SSSR count). The molecular formula is C25H29ClN5O7-. The molecule has 2 aromatic rings. The van der Waals surface area contributed by atoms with Crippen LogP contribution in [0.5, 0.6) is 5.75 Å². The number of carboxylic acids is 1. The van der Waals surface area contributed by atoms with Crippen molar-refractivity contribution < 1.29 is 33.8 Å². The van der Waals surface area contributed by atoms with Crippen molar-refractivity contribution in [3.8, 4) is 5.75 Å². The maximum atomic E-state index is 12.9. The van der Waals surface area contributed by atoms with Crippen LogP contribution >= 0.6 is 11.6 Å². The fourth-order valence-corrected chi connectivity index (χ4v) is 4.46. The summed E-state index contributed by atoms with van der Waals surface area (Å²) in [6.07, 6.45) is -0.206. The number of nitrogens with two attached hydrogens (primary N) is 2. The second-order valence-electron chi connectivity index (χ2n) is 8.80. The Kier molecular flexibility index (Phi) is 9.50. The number of rotatable bonds is 10. The van der Waals surface area contributed by atoms with Crippen LogP contribution in [0, 0.1) is 0 Å². The summed E-state index contributed by atoms with van der Waals surface area (Å²) in [5.74, 6) is -2.62. The number of nitrogen functional groups attached to an aromatic ring is 1. The van der Waals surface area contributed by atoms with Crippen molar-refractivity contribution >= 4 is 46.7 Å². The van der Waals surface area contributed by atoms with Crippen molar-refractivity contribution in [3.05, 3.63) is 52.0 Å². The quantitative estimate of drug-likeness (QED) is 0.292. The number of ether oxygens (including phenoxy) is 2. The number of likely N-dealkylation sites (tertiary alicyclic amines) is 1. The molecule has 0 saturated carbocycles. The Morgan fingerprint density at radius 1 is 1.16 bits per heavy atom. The minimum atomic E-state index is -1.45. The van der Waals surface area contributed by atoms with E-state index in [1.807, 2.05) is 4.90 Å². The van der Waals surface area contributed by atoms with Crippen molar-refractivity contribution in [2.75, 3.05) is 44.9 Å². The number of anilines is 2. The highest BCUT2D eigenvalue weighted by molar-refractivity contribution is 6.33. The Balaban J connectivity index is 1.61. The first-order chi connectivity index (χ1) is 18.0. The molecule has 0 aliphatic carbocycles. The Morgan fingerprint density at radius 2 is 1.89 bits per heavy atom. The summed E-state index contributed by atoms with van der Waals surface area (Å²) in [5.41, 5.74) is 11.8. The number of hydrogen-bond donors (Lipinski definition) is 4. The van der Waals surface area contributed by atoms with Crippen LogP contribution in [-0.4, -0.2) is 74.6 Å². The molecule has 1 aliphatic heterocycles. The Morgan fingerprint density at radius 3 is 2.53 bits per heavy atom. The zero-order chi connectivity index (χ0) is 28.0. The number of primary amides is 1. The molecular weight excluding hydrogens is 518 g/mol. The van der Waals surface area contributed by atoms with Crippen LogP contribution in [0.3, 0.4) is 0 Å². The van der Waals surface area contributed by atoms with Gasteiger partial charge in [-0.25, -0.2) is 0 Å². The van der Waals surface area contributed by atoms with E-state index < -0.39 is 23.9 Å². The summed E-state index contributed by atoms with van der Waals surface area (Å²) in [6, 6.07) is 6.63. The van der Waals surface area contributed by atoms with Gasteiger partial charge in [-0.15, -0.1) is 0 Å². The van der Waals surface area contributed by atoms with Gasteiger partial charge >= 0.3 is 0 Å². The molecule has 0 unspecified atom stereocenters. The van der Waals surface area contributed by atoms with Crippen LogP contribution in [0.2, 0.25) is 5.02 Å². The fourth-order valence-electron chi connectivity index (χ4n) is 4.30. The highest BCUT2D eigenvalue weighted by atomic mass is 35.5. The molecule has 1 fully saturated rings. The number of piperidine rings is 1. The number of carbonyl (C=O) groups excluding carboxylic acids is 4. The van der Waals surface area contributed by atoms with E-state index in [1.54, 1.807) is 0 Å². The standard InChI is InChI=1S/C25H30ClN5O7/c1-37-20-10-18(27)17(26)9-16(20)24(34)30-19-5-6-31(11-21(19)38-2)12-23(33)29-14-3-4-15(25(35)36)13(7-14)8-22(28)32/h3-4,7,9-10,19,21H,5-6,8,11-12,27H2,1-2H3,(H2,28,32)(H,29,33)(H,30,34)(H,35,36)/p-1/t19-,21+/m1/s1. The van der Waals surface area contributed by atoms with E-state index in [2.05, 4.69) is 10.6 Å². The van der Waals surface area contributed by atoms with Gasteiger partial charge in [-0.2, -0.15) is 0 Å². The number of amides is 3. The molecule has 1 heterocycles. The van der Waals surface area contributed by atoms with Gasteiger partial charge in [0, 0.05) is 37.5 Å². The molecule has 2 atom stereocenters. The smallest absolute Gasteiger partial charge is 0.255 e. The highest BCUT2D eigenvalue weighted by Crippen LogP contribution is 2.29. The number of benzene rings is 2. The van der Waals surface area contributed by atoms with Gasteiger partial charge in [0.05, 0.1) is 54.5 Å². The number of aromatic carboxylic acids is 1. The van der Waals surface area contributed by atoms with E-state index in [0.717, 1.165) is 0 Å². The summed E-state index contributed by atoms with van der Waals surface area (Å²) in [4.78, 5) is 50.1. The average Bonchev–Trinajstić information content (AvgIpc) is 2.85. The van der Waals surface area contributed by atoms with Gasteiger partial charge in [-0.1, -0.05) is 17.7 Å². The largest absolute Gasteiger partial charge is 0.545 e. The summed E-state index contributed by atoms with van der Waals surface area (Å²) >= 11 is 6.08. The summed E-state index contributed by atoms with van der Waals surface area (Å²) in [5, 5.41) is 17.2. The SMILES string of the molecule is COc1cc(N)c(Cl)cc1C(=O)N[C@@H]1CCN(CC(=O)Nc2ccc(C(=O)[O-])c(CC(N)=O)c2)C[C@@H]1OC. The van der Waals surface area contributed by atoms with E-state index in [9.17, 15) is 24.3 Å². The van der Waals surface area contributed by atoms with Crippen molar-refractivity contribution in [1.82, 2.24) is 10.2 Å². The lowest BCUT2D eigenvalue weighted by Gasteiger charge is -2.37. The lowest BCUT2D eigenvalue weighted by atomic mass is 10.0. The Hall–Kier alpha value is -3.87. The number of nitrogens with one attached hydrogen (secondary N) is 2. The van der Waals surface area contributed by atoms with Crippen LogP contribution in [0.4, 0.5) is 11.4 Å². The maximum absolute atomic E-state index is 12.9.